The van der Waals surface area contributed by atoms with Crippen LogP contribution < -0.4 is 14.8 Å². The van der Waals surface area contributed by atoms with E-state index in [2.05, 4.69) is 10.5 Å². The largest absolute Gasteiger partial charge is 0.490 e. The molecule has 3 amide bonds. The molecule has 1 unspecified atom stereocenters. The predicted octanol–water partition coefficient (Wildman–Crippen LogP) is 2.42. The number of hydrogen-bond donors (Lipinski definition) is 1. The number of ether oxygens (including phenoxy) is 2. The number of rotatable bonds is 3. The SMILES string of the molecule is Cc1noc(C)c1CN1C(=O)NC(C)(c2ccc3c(c2)OCCCO3)C1=O. The van der Waals surface area contributed by atoms with Crippen LogP contribution in [0.4, 0.5) is 4.79 Å². The van der Waals surface area contributed by atoms with Gasteiger partial charge in [-0.3, -0.25) is 9.69 Å². The fraction of sp³-hybridized carbons (Fsp3) is 0.421. The first kappa shape index (κ1) is 17.4. The average Bonchev–Trinajstić information content (AvgIpc) is 2.96. The van der Waals surface area contributed by atoms with Gasteiger partial charge < -0.3 is 19.3 Å². The van der Waals surface area contributed by atoms with Crippen LogP contribution in [0.25, 0.3) is 0 Å². The van der Waals surface area contributed by atoms with Gasteiger partial charge in [0.1, 0.15) is 11.3 Å². The molecule has 0 saturated carbocycles. The minimum absolute atomic E-state index is 0.117. The molecule has 0 spiro atoms. The number of aryl methyl sites for hydroxylation is 2. The third-order valence-electron chi connectivity index (χ3n) is 5.10. The summed E-state index contributed by atoms with van der Waals surface area (Å²) < 4.78 is 16.5. The molecular formula is C19H21N3O5. The lowest BCUT2D eigenvalue weighted by molar-refractivity contribution is -0.131. The van der Waals surface area contributed by atoms with Gasteiger partial charge in [0.25, 0.3) is 5.91 Å². The van der Waals surface area contributed by atoms with Crippen LogP contribution in [0.15, 0.2) is 22.7 Å². The van der Waals surface area contributed by atoms with Gasteiger partial charge >= 0.3 is 6.03 Å². The lowest BCUT2D eigenvalue weighted by atomic mass is 9.91. The normalized spacial score (nSPS) is 22.0. The highest BCUT2D eigenvalue weighted by Gasteiger charge is 2.49. The highest BCUT2D eigenvalue weighted by molar-refractivity contribution is 6.07. The summed E-state index contributed by atoms with van der Waals surface area (Å²) in [5, 5.41) is 6.70. The Labute approximate surface area is 156 Å². The molecule has 0 aliphatic carbocycles. The van der Waals surface area contributed by atoms with Crippen molar-refractivity contribution < 1.29 is 23.6 Å². The van der Waals surface area contributed by atoms with Crippen molar-refractivity contribution in [3.63, 3.8) is 0 Å². The summed E-state index contributed by atoms with van der Waals surface area (Å²) in [6, 6.07) is 4.87. The number of urea groups is 1. The molecule has 1 aromatic carbocycles. The number of nitrogens with zero attached hydrogens (tertiary/aromatic N) is 2. The van der Waals surface area contributed by atoms with E-state index in [4.69, 9.17) is 14.0 Å². The Bertz CT molecular complexity index is 903. The highest BCUT2D eigenvalue weighted by Crippen LogP contribution is 2.37. The van der Waals surface area contributed by atoms with Crippen LogP contribution in [0.3, 0.4) is 0 Å². The van der Waals surface area contributed by atoms with Gasteiger partial charge in [0, 0.05) is 12.0 Å². The fourth-order valence-electron chi connectivity index (χ4n) is 3.40. The number of fused-ring (bicyclic) bond motifs is 1. The van der Waals surface area contributed by atoms with E-state index >= 15 is 0 Å². The molecule has 2 aliphatic rings. The molecule has 1 atom stereocenters. The second kappa shape index (κ2) is 6.29. The molecule has 0 radical (unpaired) electrons. The summed E-state index contributed by atoms with van der Waals surface area (Å²) in [4.78, 5) is 26.9. The van der Waals surface area contributed by atoms with Crippen molar-refractivity contribution >= 4 is 11.9 Å². The van der Waals surface area contributed by atoms with E-state index in [9.17, 15) is 9.59 Å². The van der Waals surface area contributed by atoms with Gasteiger partial charge in [-0.2, -0.15) is 0 Å². The summed E-state index contributed by atoms with van der Waals surface area (Å²) in [6.45, 7) is 6.49. The molecule has 0 bridgehead atoms. The van der Waals surface area contributed by atoms with Gasteiger partial charge in [0.15, 0.2) is 11.5 Å². The molecular weight excluding hydrogens is 350 g/mol. The fourth-order valence-corrected chi connectivity index (χ4v) is 3.40. The van der Waals surface area contributed by atoms with Crippen molar-refractivity contribution in [2.75, 3.05) is 13.2 Å². The molecule has 2 aliphatic heterocycles. The van der Waals surface area contributed by atoms with Crippen LogP contribution in [-0.4, -0.2) is 35.2 Å². The molecule has 27 heavy (non-hydrogen) atoms. The Kier molecular flexibility index (Phi) is 4.05. The zero-order valence-electron chi connectivity index (χ0n) is 15.5. The van der Waals surface area contributed by atoms with Crippen LogP contribution in [0.1, 0.15) is 35.9 Å². The second-order valence-corrected chi connectivity index (χ2v) is 6.96. The van der Waals surface area contributed by atoms with E-state index in [0.717, 1.165) is 12.0 Å². The number of amides is 3. The van der Waals surface area contributed by atoms with Crippen LogP contribution >= 0.6 is 0 Å². The standard InChI is InChI=1S/C19H21N3O5/c1-11-14(12(2)27-21-11)10-22-17(23)19(3,20-18(22)24)13-5-6-15-16(9-13)26-8-4-7-25-15/h5-6,9H,4,7-8,10H2,1-3H3,(H,20,24). The van der Waals surface area contributed by atoms with Crippen molar-refractivity contribution in [1.82, 2.24) is 15.4 Å². The third kappa shape index (κ3) is 2.81. The lowest BCUT2D eigenvalue weighted by Gasteiger charge is -2.23. The van der Waals surface area contributed by atoms with Crippen molar-refractivity contribution in [2.45, 2.75) is 39.3 Å². The number of aromatic nitrogens is 1. The monoisotopic (exact) mass is 371 g/mol. The topological polar surface area (TPSA) is 93.9 Å². The molecule has 1 N–H and O–H groups in total. The number of carbonyl (C=O) groups excluding carboxylic acids is 2. The van der Waals surface area contributed by atoms with E-state index in [-0.39, 0.29) is 12.5 Å². The smallest absolute Gasteiger partial charge is 0.325 e. The van der Waals surface area contributed by atoms with Crippen molar-refractivity contribution in [3.05, 3.63) is 40.8 Å². The summed E-state index contributed by atoms with van der Waals surface area (Å²) in [7, 11) is 0. The van der Waals surface area contributed by atoms with E-state index in [1.807, 2.05) is 0 Å². The number of nitrogens with one attached hydrogen (secondary N) is 1. The van der Waals surface area contributed by atoms with Gasteiger partial charge in [0.2, 0.25) is 0 Å². The molecule has 4 rings (SSSR count). The minimum atomic E-state index is -1.18. The van der Waals surface area contributed by atoms with Crippen LogP contribution in [0.5, 0.6) is 11.5 Å². The summed E-state index contributed by atoms with van der Waals surface area (Å²) in [6.07, 6.45) is 0.794. The molecule has 1 fully saturated rings. The van der Waals surface area contributed by atoms with E-state index in [1.54, 1.807) is 39.0 Å². The van der Waals surface area contributed by atoms with E-state index in [0.29, 0.717) is 41.7 Å². The first-order valence-electron chi connectivity index (χ1n) is 8.86. The van der Waals surface area contributed by atoms with Crippen molar-refractivity contribution in [2.24, 2.45) is 0 Å². The number of hydrogen-bond acceptors (Lipinski definition) is 6. The Hall–Kier alpha value is -3.03. The molecule has 2 aromatic rings. The number of benzene rings is 1. The van der Waals surface area contributed by atoms with Crippen molar-refractivity contribution in [3.8, 4) is 11.5 Å². The Morgan fingerprint density at radius 3 is 2.63 bits per heavy atom. The van der Waals surface area contributed by atoms with E-state index < -0.39 is 11.6 Å². The van der Waals surface area contributed by atoms with Gasteiger partial charge in [-0.25, -0.2) is 4.79 Å². The first-order chi connectivity index (χ1) is 12.9. The molecule has 1 aromatic heterocycles. The van der Waals surface area contributed by atoms with Gasteiger partial charge in [-0.1, -0.05) is 11.2 Å². The molecule has 142 valence electrons. The maximum atomic E-state index is 13.1. The van der Waals surface area contributed by atoms with Crippen molar-refractivity contribution in [1.29, 1.82) is 0 Å². The quantitative estimate of drug-likeness (QED) is 0.833. The second-order valence-electron chi connectivity index (χ2n) is 6.96. The first-order valence-corrected chi connectivity index (χ1v) is 8.86. The average molecular weight is 371 g/mol. The Morgan fingerprint density at radius 1 is 1.19 bits per heavy atom. The predicted molar refractivity (Wildman–Crippen MR) is 94.5 cm³/mol. The zero-order valence-corrected chi connectivity index (χ0v) is 15.5. The summed E-state index contributed by atoms with van der Waals surface area (Å²) in [5.74, 6) is 1.49. The van der Waals surface area contributed by atoms with Crippen LogP contribution in [-0.2, 0) is 16.9 Å². The maximum Gasteiger partial charge on any atom is 0.325 e. The number of imide groups is 1. The summed E-state index contributed by atoms with van der Waals surface area (Å²) in [5.41, 5.74) is 0.867. The molecule has 8 nitrogen and oxygen atoms in total. The Balaban J connectivity index is 1.65. The molecule has 1 saturated heterocycles. The minimum Gasteiger partial charge on any atom is -0.490 e. The molecule has 3 heterocycles. The van der Waals surface area contributed by atoms with Crippen LogP contribution in [0, 0.1) is 13.8 Å². The Morgan fingerprint density at radius 2 is 1.93 bits per heavy atom. The third-order valence-corrected chi connectivity index (χ3v) is 5.10. The zero-order chi connectivity index (χ0) is 19.2. The van der Waals surface area contributed by atoms with E-state index in [1.165, 1.54) is 4.90 Å². The number of carbonyl (C=O) groups is 2. The lowest BCUT2D eigenvalue weighted by Crippen LogP contribution is -2.40. The summed E-state index contributed by atoms with van der Waals surface area (Å²) >= 11 is 0. The van der Waals surface area contributed by atoms with Crippen LogP contribution in [0.2, 0.25) is 0 Å². The molecule has 8 heteroatoms. The van der Waals surface area contributed by atoms with Gasteiger partial charge in [-0.05, 0) is 38.5 Å². The van der Waals surface area contributed by atoms with Gasteiger partial charge in [-0.15, -0.1) is 0 Å². The van der Waals surface area contributed by atoms with Gasteiger partial charge in [0.05, 0.1) is 25.5 Å². The highest BCUT2D eigenvalue weighted by atomic mass is 16.5. The maximum absolute atomic E-state index is 13.1.